The van der Waals surface area contributed by atoms with Crippen molar-refractivity contribution in [2.45, 2.75) is 19.4 Å². The molecule has 3 aromatic rings. The van der Waals surface area contributed by atoms with E-state index in [1.807, 2.05) is 17.5 Å². The van der Waals surface area contributed by atoms with Gasteiger partial charge in [-0.2, -0.15) is 5.10 Å². The summed E-state index contributed by atoms with van der Waals surface area (Å²) in [5.41, 5.74) is 0.606. The Hall–Kier alpha value is -2.37. The molecule has 0 aliphatic rings. The molecule has 2 amide bonds. The number of aromatic amines is 1. The van der Waals surface area contributed by atoms with E-state index in [4.69, 9.17) is 12.2 Å². The normalized spacial score (nSPS) is 10.7. The van der Waals surface area contributed by atoms with Crippen molar-refractivity contribution < 1.29 is 9.59 Å². The molecule has 26 heavy (non-hydrogen) atoms. The molecule has 3 aromatic heterocycles. The van der Waals surface area contributed by atoms with Crippen molar-refractivity contribution in [3.8, 4) is 0 Å². The Morgan fingerprint density at radius 3 is 2.85 bits per heavy atom. The molecule has 0 unspecified atom stereocenters. The minimum Gasteiger partial charge on any atom is -0.348 e. The molecule has 3 N–H and O–H groups in total. The molecule has 8 nitrogen and oxygen atoms in total. The van der Waals surface area contributed by atoms with Gasteiger partial charge in [-0.15, -0.1) is 22.7 Å². The van der Waals surface area contributed by atoms with Gasteiger partial charge in [-0.1, -0.05) is 6.07 Å². The van der Waals surface area contributed by atoms with E-state index in [0.29, 0.717) is 27.8 Å². The molecule has 0 fully saturated rings. The Balaban J connectivity index is 1.48. The van der Waals surface area contributed by atoms with Crippen molar-refractivity contribution in [1.82, 2.24) is 25.1 Å². The first-order chi connectivity index (χ1) is 12.5. The molecule has 0 spiro atoms. The molecule has 0 bridgehead atoms. The molecule has 0 aromatic carbocycles. The lowest BCUT2D eigenvalue weighted by Crippen LogP contribution is -2.26. The quantitative estimate of drug-likeness (QED) is 0.519. The van der Waals surface area contributed by atoms with Crippen LogP contribution in [-0.2, 0) is 36.0 Å². The van der Waals surface area contributed by atoms with Crippen LogP contribution in [0.25, 0.3) is 0 Å². The number of thiophene rings is 1. The van der Waals surface area contributed by atoms with E-state index in [2.05, 4.69) is 25.8 Å². The van der Waals surface area contributed by atoms with Crippen LogP contribution < -0.4 is 10.6 Å². The average Bonchev–Trinajstić information content (AvgIpc) is 3.31. The highest BCUT2D eigenvalue weighted by Gasteiger charge is 2.11. The molecular formula is C15H16N6O2S3. The van der Waals surface area contributed by atoms with E-state index >= 15 is 0 Å². The van der Waals surface area contributed by atoms with Gasteiger partial charge < -0.3 is 15.2 Å². The van der Waals surface area contributed by atoms with Crippen LogP contribution in [0.1, 0.15) is 16.4 Å². The standard InChI is InChI=1S/C15H16N6O2S3/c1-21-11(19-20-15(21)24)7-16-12(22)5-9-8-26-14(17-9)18-13(23)6-10-3-2-4-25-10/h2-4,8H,5-7H2,1H3,(H,16,22)(H,20,24)(H,17,18,23). The van der Waals surface area contributed by atoms with Gasteiger partial charge in [0.25, 0.3) is 0 Å². The summed E-state index contributed by atoms with van der Waals surface area (Å²) < 4.78 is 2.19. The Bertz CT molecular complexity index is 956. The smallest absolute Gasteiger partial charge is 0.231 e. The predicted molar refractivity (Wildman–Crippen MR) is 103 cm³/mol. The summed E-state index contributed by atoms with van der Waals surface area (Å²) in [5.74, 6) is 0.340. The zero-order valence-corrected chi connectivity index (χ0v) is 16.3. The van der Waals surface area contributed by atoms with Gasteiger partial charge in [0.1, 0.15) is 0 Å². The van der Waals surface area contributed by atoms with Crippen LogP contribution >= 0.6 is 34.9 Å². The number of hydrogen-bond donors (Lipinski definition) is 3. The lowest BCUT2D eigenvalue weighted by molar-refractivity contribution is -0.120. The summed E-state index contributed by atoms with van der Waals surface area (Å²) in [7, 11) is 1.78. The Labute approximate surface area is 162 Å². The molecule has 3 rings (SSSR count). The molecule has 136 valence electrons. The zero-order chi connectivity index (χ0) is 18.5. The van der Waals surface area contributed by atoms with E-state index in [1.54, 1.807) is 17.0 Å². The van der Waals surface area contributed by atoms with Crippen LogP contribution in [0.4, 0.5) is 5.13 Å². The van der Waals surface area contributed by atoms with Gasteiger partial charge in [0.05, 0.1) is 25.1 Å². The number of hydrogen-bond acceptors (Lipinski definition) is 7. The Morgan fingerprint density at radius 2 is 2.15 bits per heavy atom. The molecule has 0 radical (unpaired) electrons. The number of rotatable bonds is 7. The minimum absolute atomic E-state index is 0.122. The molecule has 0 atom stereocenters. The van der Waals surface area contributed by atoms with E-state index in [1.165, 1.54) is 22.7 Å². The average molecular weight is 409 g/mol. The van der Waals surface area contributed by atoms with Crippen LogP contribution in [0.2, 0.25) is 0 Å². The van der Waals surface area contributed by atoms with Crippen molar-refractivity contribution in [1.29, 1.82) is 0 Å². The summed E-state index contributed by atoms with van der Waals surface area (Å²) in [6, 6.07) is 3.82. The number of anilines is 1. The highest BCUT2D eigenvalue weighted by atomic mass is 32.1. The molecular weight excluding hydrogens is 392 g/mol. The van der Waals surface area contributed by atoms with Crippen molar-refractivity contribution in [2.75, 3.05) is 5.32 Å². The molecule has 0 saturated carbocycles. The number of H-pyrrole nitrogens is 1. The van der Waals surface area contributed by atoms with Crippen LogP contribution in [0, 0.1) is 4.77 Å². The number of nitrogens with one attached hydrogen (secondary N) is 3. The molecule has 3 heterocycles. The molecule has 11 heteroatoms. The van der Waals surface area contributed by atoms with Gasteiger partial charge in [0.15, 0.2) is 15.7 Å². The fourth-order valence-electron chi connectivity index (χ4n) is 2.12. The second-order valence-electron chi connectivity index (χ2n) is 5.41. The van der Waals surface area contributed by atoms with Gasteiger partial charge in [-0.3, -0.25) is 14.7 Å². The largest absolute Gasteiger partial charge is 0.348 e. The van der Waals surface area contributed by atoms with Gasteiger partial charge in [-0.05, 0) is 23.7 Å². The maximum Gasteiger partial charge on any atom is 0.231 e. The van der Waals surface area contributed by atoms with E-state index in [9.17, 15) is 9.59 Å². The van der Waals surface area contributed by atoms with Crippen molar-refractivity contribution in [3.05, 3.63) is 44.1 Å². The maximum atomic E-state index is 12.0. The van der Waals surface area contributed by atoms with Crippen molar-refractivity contribution in [2.24, 2.45) is 7.05 Å². The van der Waals surface area contributed by atoms with Crippen molar-refractivity contribution >= 4 is 51.8 Å². The Morgan fingerprint density at radius 1 is 1.31 bits per heavy atom. The third kappa shape index (κ3) is 4.84. The van der Waals surface area contributed by atoms with Crippen LogP contribution in [0.15, 0.2) is 22.9 Å². The highest BCUT2D eigenvalue weighted by molar-refractivity contribution is 7.71. The van der Waals surface area contributed by atoms with E-state index in [-0.39, 0.29) is 24.8 Å². The van der Waals surface area contributed by atoms with Gasteiger partial charge >= 0.3 is 0 Å². The van der Waals surface area contributed by atoms with Crippen LogP contribution in [-0.4, -0.2) is 31.6 Å². The first-order valence-electron chi connectivity index (χ1n) is 7.65. The lowest BCUT2D eigenvalue weighted by atomic mass is 10.3. The third-order valence-corrected chi connectivity index (χ3v) is 5.52. The number of carbonyl (C=O) groups excluding carboxylic acids is 2. The zero-order valence-electron chi connectivity index (χ0n) is 13.8. The second-order valence-corrected chi connectivity index (χ2v) is 7.68. The van der Waals surface area contributed by atoms with Crippen LogP contribution in [0.3, 0.4) is 0 Å². The minimum atomic E-state index is -0.180. The predicted octanol–water partition coefficient (Wildman–Crippen LogP) is 2.04. The first kappa shape index (κ1) is 18.4. The number of thiazole rings is 1. The number of carbonyl (C=O) groups is 2. The maximum absolute atomic E-state index is 12.0. The molecule has 0 aliphatic heterocycles. The Kier molecular flexibility index (Phi) is 5.91. The fraction of sp³-hybridized carbons (Fsp3) is 0.267. The van der Waals surface area contributed by atoms with E-state index < -0.39 is 0 Å². The number of aromatic nitrogens is 4. The first-order valence-corrected chi connectivity index (χ1v) is 9.81. The van der Waals surface area contributed by atoms with Gasteiger partial charge in [-0.25, -0.2) is 4.98 Å². The summed E-state index contributed by atoms with van der Waals surface area (Å²) in [6.45, 7) is 0.275. The number of nitrogens with zero attached hydrogens (tertiary/aromatic N) is 3. The molecule has 0 saturated heterocycles. The number of amides is 2. The second kappa shape index (κ2) is 8.34. The van der Waals surface area contributed by atoms with Crippen molar-refractivity contribution in [3.63, 3.8) is 0 Å². The lowest BCUT2D eigenvalue weighted by Gasteiger charge is -2.03. The monoisotopic (exact) mass is 408 g/mol. The van der Waals surface area contributed by atoms with Gasteiger partial charge in [0.2, 0.25) is 11.8 Å². The van der Waals surface area contributed by atoms with E-state index in [0.717, 1.165) is 4.88 Å². The fourth-order valence-corrected chi connectivity index (χ4v) is 3.70. The molecule has 0 aliphatic carbocycles. The van der Waals surface area contributed by atoms with Gasteiger partial charge in [0, 0.05) is 17.3 Å². The van der Waals surface area contributed by atoms with Crippen LogP contribution in [0.5, 0.6) is 0 Å². The topological polar surface area (TPSA) is 105 Å². The summed E-state index contributed by atoms with van der Waals surface area (Å²) in [5, 5.41) is 16.4. The SMILES string of the molecule is Cn1c(CNC(=O)Cc2csc(NC(=O)Cc3cccs3)n2)n[nH]c1=S. The highest BCUT2D eigenvalue weighted by Crippen LogP contribution is 2.17. The summed E-state index contributed by atoms with van der Waals surface area (Å²) >= 11 is 7.85. The third-order valence-electron chi connectivity index (χ3n) is 3.47. The summed E-state index contributed by atoms with van der Waals surface area (Å²) in [6.07, 6.45) is 0.449. The summed E-state index contributed by atoms with van der Waals surface area (Å²) in [4.78, 5) is 29.3.